The van der Waals surface area contributed by atoms with Crippen molar-refractivity contribution < 1.29 is 9.53 Å². The Bertz CT molecular complexity index is 937. The number of pyridine rings is 1. The van der Waals surface area contributed by atoms with Gasteiger partial charge in [0.05, 0.1) is 37.0 Å². The summed E-state index contributed by atoms with van der Waals surface area (Å²) in [6, 6.07) is 11.3. The molecule has 1 saturated heterocycles. The third-order valence-corrected chi connectivity index (χ3v) is 4.66. The summed E-state index contributed by atoms with van der Waals surface area (Å²) in [6.45, 7) is 3.11. The highest BCUT2D eigenvalue weighted by atomic mass is 79.9. The van der Waals surface area contributed by atoms with Gasteiger partial charge in [0.2, 0.25) is 0 Å². The molecule has 0 aliphatic carbocycles. The van der Waals surface area contributed by atoms with Gasteiger partial charge in [-0.1, -0.05) is 27.2 Å². The average molecular weight is 429 g/mol. The molecule has 0 bridgehead atoms. The highest BCUT2D eigenvalue weighted by Crippen LogP contribution is 2.17. The van der Waals surface area contributed by atoms with Crippen molar-refractivity contribution >= 4 is 33.3 Å². The molecule has 1 N–H and O–H groups in total. The number of nitrogens with one attached hydrogen (secondary N) is 1. The van der Waals surface area contributed by atoms with Gasteiger partial charge in [0.1, 0.15) is 5.82 Å². The fourth-order valence-electron chi connectivity index (χ4n) is 2.76. The molecule has 0 spiro atoms. The fraction of sp³-hybridized carbons (Fsp3) is 0.222. The lowest BCUT2D eigenvalue weighted by Gasteiger charge is -2.28. The second-order valence-corrected chi connectivity index (χ2v) is 6.90. The first kappa shape index (κ1) is 17.6. The van der Waals surface area contributed by atoms with Crippen molar-refractivity contribution in [2.75, 3.05) is 36.5 Å². The number of morpholine rings is 1. The van der Waals surface area contributed by atoms with E-state index in [0.29, 0.717) is 19.0 Å². The van der Waals surface area contributed by atoms with Gasteiger partial charge in [0.15, 0.2) is 5.69 Å². The molecule has 3 heterocycles. The standard InChI is InChI=1S/C18H17BrN6O2/c19-13-2-1-3-14(10-13)25-12-16(22-23-25)18(26)21-17-5-4-15(11-20-17)24-6-8-27-9-7-24/h1-5,10-12H,6-9H2,(H,20,21,26). The normalized spacial score (nSPS) is 14.2. The fourth-order valence-corrected chi connectivity index (χ4v) is 3.15. The maximum atomic E-state index is 12.4. The van der Waals surface area contributed by atoms with Crippen molar-refractivity contribution in [2.45, 2.75) is 0 Å². The number of anilines is 2. The van der Waals surface area contributed by atoms with Gasteiger partial charge in [-0.2, -0.15) is 0 Å². The van der Waals surface area contributed by atoms with E-state index in [1.165, 1.54) is 0 Å². The number of benzene rings is 1. The lowest BCUT2D eigenvalue weighted by atomic mass is 10.3. The molecule has 27 heavy (non-hydrogen) atoms. The number of amides is 1. The van der Waals surface area contributed by atoms with Gasteiger partial charge in [-0.3, -0.25) is 4.79 Å². The Morgan fingerprint density at radius 3 is 2.74 bits per heavy atom. The summed E-state index contributed by atoms with van der Waals surface area (Å²) >= 11 is 3.41. The molecule has 0 atom stereocenters. The molecule has 1 fully saturated rings. The van der Waals surface area contributed by atoms with Crippen LogP contribution in [0.2, 0.25) is 0 Å². The summed E-state index contributed by atoms with van der Waals surface area (Å²) in [5.41, 5.74) is 2.04. The average Bonchev–Trinajstić information content (AvgIpc) is 3.20. The van der Waals surface area contributed by atoms with Crippen LogP contribution in [0.25, 0.3) is 5.69 Å². The second-order valence-electron chi connectivity index (χ2n) is 5.98. The molecular formula is C18H17BrN6O2. The van der Waals surface area contributed by atoms with Crippen LogP contribution in [0.5, 0.6) is 0 Å². The van der Waals surface area contributed by atoms with Crippen molar-refractivity contribution in [2.24, 2.45) is 0 Å². The minimum absolute atomic E-state index is 0.217. The molecule has 1 aliphatic heterocycles. The van der Waals surface area contributed by atoms with Crippen molar-refractivity contribution in [1.29, 1.82) is 0 Å². The van der Waals surface area contributed by atoms with E-state index in [1.54, 1.807) is 23.1 Å². The molecule has 9 heteroatoms. The first-order valence-corrected chi connectivity index (χ1v) is 9.27. The van der Waals surface area contributed by atoms with E-state index in [9.17, 15) is 4.79 Å². The molecule has 8 nitrogen and oxygen atoms in total. The van der Waals surface area contributed by atoms with E-state index in [-0.39, 0.29) is 11.6 Å². The Labute approximate surface area is 164 Å². The lowest BCUT2D eigenvalue weighted by Crippen LogP contribution is -2.36. The smallest absolute Gasteiger partial charge is 0.279 e. The number of nitrogens with zero attached hydrogens (tertiary/aromatic N) is 5. The van der Waals surface area contributed by atoms with Crippen LogP contribution in [0.4, 0.5) is 11.5 Å². The monoisotopic (exact) mass is 428 g/mol. The summed E-state index contributed by atoms with van der Waals surface area (Å²) in [5.74, 6) is 0.108. The Kier molecular flexibility index (Phi) is 5.12. The van der Waals surface area contributed by atoms with Crippen molar-refractivity contribution in [3.05, 3.63) is 59.0 Å². The number of ether oxygens (including phenoxy) is 1. The Morgan fingerprint density at radius 2 is 2.00 bits per heavy atom. The first-order chi connectivity index (χ1) is 13.2. The SMILES string of the molecule is O=C(Nc1ccc(N2CCOCC2)cn1)c1cn(-c2cccc(Br)c2)nn1. The zero-order chi connectivity index (χ0) is 18.6. The molecule has 1 amide bonds. The first-order valence-electron chi connectivity index (χ1n) is 8.47. The molecule has 3 aromatic rings. The van der Waals surface area contributed by atoms with Gasteiger partial charge in [-0.05, 0) is 30.3 Å². The van der Waals surface area contributed by atoms with Crippen molar-refractivity contribution in [1.82, 2.24) is 20.0 Å². The van der Waals surface area contributed by atoms with Gasteiger partial charge >= 0.3 is 0 Å². The predicted octanol–water partition coefficient (Wildman–Crippen LogP) is 2.51. The highest BCUT2D eigenvalue weighted by Gasteiger charge is 2.14. The number of rotatable bonds is 4. The Morgan fingerprint density at radius 1 is 1.15 bits per heavy atom. The summed E-state index contributed by atoms with van der Waals surface area (Å²) in [7, 11) is 0. The van der Waals surface area contributed by atoms with Crippen LogP contribution in [0.3, 0.4) is 0 Å². The third kappa shape index (κ3) is 4.15. The maximum absolute atomic E-state index is 12.4. The molecule has 0 saturated carbocycles. The summed E-state index contributed by atoms with van der Waals surface area (Å²) in [6.07, 6.45) is 3.33. The van der Waals surface area contributed by atoms with Crippen LogP contribution in [0.15, 0.2) is 53.3 Å². The summed E-state index contributed by atoms with van der Waals surface area (Å²) < 4.78 is 7.82. The number of hydrogen-bond donors (Lipinski definition) is 1. The van der Waals surface area contributed by atoms with E-state index in [2.05, 4.69) is 41.4 Å². The van der Waals surface area contributed by atoms with Gasteiger partial charge in [0.25, 0.3) is 5.91 Å². The zero-order valence-corrected chi connectivity index (χ0v) is 16.0. The van der Waals surface area contributed by atoms with Crippen LogP contribution in [-0.2, 0) is 4.74 Å². The molecular weight excluding hydrogens is 412 g/mol. The van der Waals surface area contributed by atoms with Crippen LogP contribution in [-0.4, -0.2) is 52.2 Å². The number of carbonyl (C=O) groups is 1. The van der Waals surface area contributed by atoms with Gasteiger partial charge < -0.3 is 15.0 Å². The number of halogens is 1. The van der Waals surface area contributed by atoms with E-state index >= 15 is 0 Å². The molecule has 0 radical (unpaired) electrons. The van der Waals surface area contributed by atoms with Crippen LogP contribution >= 0.6 is 15.9 Å². The van der Waals surface area contributed by atoms with Gasteiger partial charge in [-0.15, -0.1) is 5.10 Å². The quantitative estimate of drug-likeness (QED) is 0.686. The molecule has 4 rings (SSSR count). The van der Waals surface area contributed by atoms with Crippen LogP contribution in [0.1, 0.15) is 10.5 Å². The molecule has 1 aromatic carbocycles. The third-order valence-electron chi connectivity index (χ3n) is 4.16. The Hall–Kier alpha value is -2.78. The van der Waals surface area contributed by atoms with E-state index < -0.39 is 0 Å². The molecule has 138 valence electrons. The number of carbonyl (C=O) groups excluding carboxylic acids is 1. The summed E-state index contributed by atoms with van der Waals surface area (Å²) in [5, 5.41) is 10.7. The maximum Gasteiger partial charge on any atom is 0.279 e. The van der Waals surface area contributed by atoms with Crippen LogP contribution < -0.4 is 10.2 Å². The largest absolute Gasteiger partial charge is 0.378 e. The van der Waals surface area contributed by atoms with Gasteiger partial charge in [0, 0.05) is 17.6 Å². The van der Waals surface area contributed by atoms with E-state index in [0.717, 1.165) is 28.9 Å². The highest BCUT2D eigenvalue weighted by molar-refractivity contribution is 9.10. The zero-order valence-electron chi connectivity index (χ0n) is 14.4. The van der Waals surface area contributed by atoms with Crippen LogP contribution in [0, 0.1) is 0 Å². The number of hydrogen-bond acceptors (Lipinski definition) is 6. The minimum atomic E-state index is -0.358. The lowest BCUT2D eigenvalue weighted by molar-refractivity contribution is 0.102. The predicted molar refractivity (Wildman–Crippen MR) is 104 cm³/mol. The molecule has 1 aliphatic rings. The van der Waals surface area contributed by atoms with Crippen molar-refractivity contribution in [3.8, 4) is 5.69 Å². The topological polar surface area (TPSA) is 85.2 Å². The molecule has 0 unspecified atom stereocenters. The minimum Gasteiger partial charge on any atom is -0.378 e. The van der Waals surface area contributed by atoms with E-state index in [4.69, 9.17) is 4.74 Å². The van der Waals surface area contributed by atoms with E-state index in [1.807, 2.05) is 30.3 Å². The van der Waals surface area contributed by atoms with Crippen molar-refractivity contribution in [3.63, 3.8) is 0 Å². The molecule has 2 aromatic heterocycles. The Balaban J connectivity index is 1.43. The van der Waals surface area contributed by atoms with Gasteiger partial charge in [-0.25, -0.2) is 9.67 Å². The summed E-state index contributed by atoms with van der Waals surface area (Å²) in [4.78, 5) is 18.9. The second kappa shape index (κ2) is 7.85. The number of aromatic nitrogens is 4.